The molecule has 0 radical (unpaired) electrons. The van der Waals surface area contributed by atoms with E-state index in [1.54, 1.807) is 0 Å². The van der Waals surface area contributed by atoms with Crippen molar-refractivity contribution in [1.29, 1.82) is 0 Å². The lowest BCUT2D eigenvalue weighted by Crippen LogP contribution is -2.52. The Balaban J connectivity index is 2.00. The zero-order valence-corrected chi connectivity index (χ0v) is 14.1. The van der Waals surface area contributed by atoms with Crippen LogP contribution in [-0.4, -0.2) is 58.1 Å². The molecule has 0 unspecified atom stereocenters. The third kappa shape index (κ3) is 5.86. The SMILES string of the molecule is O=C(O)CN1CCCC[C@H](N[C@@H](CCc2ccccc2)C(=O)O)C1=O. The van der Waals surface area contributed by atoms with Gasteiger partial charge in [0.25, 0.3) is 0 Å². The number of rotatable bonds is 8. The van der Waals surface area contributed by atoms with Crippen LogP contribution in [0, 0.1) is 0 Å². The van der Waals surface area contributed by atoms with Crippen LogP contribution in [0.4, 0.5) is 0 Å². The van der Waals surface area contributed by atoms with Gasteiger partial charge >= 0.3 is 11.9 Å². The Morgan fingerprint density at radius 1 is 1.20 bits per heavy atom. The fraction of sp³-hybridized carbons (Fsp3) is 0.500. The van der Waals surface area contributed by atoms with Crippen molar-refractivity contribution in [2.45, 2.75) is 44.2 Å². The Labute approximate surface area is 146 Å². The Hall–Kier alpha value is -2.41. The number of hydrogen-bond donors (Lipinski definition) is 3. The molecule has 2 rings (SSSR count). The largest absolute Gasteiger partial charge is 0.480 e. The van der Waals surface area contributed by atoms with Crippen LogP contribution in [0.2, 0.25) is 0 Å². The van der Waals surface area contributed by atoms with Gasteiger partial charge in [-0.2, -0.15) is 0 Å². The molecule has 1 fully saturated rings. The molecular weight excluding hydrogens is 324 g/mol. The number of aliphatic carboxylic acids is 2. The summed E-state index contributed by atoms with van der Waals surface area (Å²) < 4.78 is 0. The number of hydrogen-bond acceptors (Lipinski definition) is 4. The lowest BCUT2D eigenvalue weighted by Gasteiger charge is -2.26. The molecule has 0 aromatic heterocycles. The van der Waals surface area contributed by atoms with Crippen molar-refractivity contribution in [3.8, 4) is 0 Å². The molecule has 136 valence electrons. The molecule has 1 saturated heterocycles. The Morgan fingerprint density at radius 3 is 2.56 bits per heavy atom. The lowest BCUT2D eigenvalue weighted by molar-refractivity contribution is -0.146. The van der Waals surface area contributed by atoms with Gasteiger partial charge in [-0.05, 0) is 37.7 Å². The summed E-state index contributed by atoms with van der Waals surface area (Å²) in [6, 6.07) is 8.07. The van der Waals surface area contributed by atoms with E-state index in [9.17, 15) is 19.5 Å². The molecular formula is C18H24N2O5. The van der Waals surface area contributed by atoms with E-state index in [1.807, 2.05) is 30.3 Å². The van der Waals surface area contributed by atoms with Crippen LogP contribution in [0.5, 0.6) is 0 Å². The molecule has 1 aromatic carbocycles. The highest BCUT2D eigenvalue weighted by Gasteiger charge is 2.31. The van der Waals surface area contributed by atoms with Crippen LogP contribution in [0.25, 0.3) is 0 Å². The standard InChI is InChI=1S/C18H24N2O5/c21-16(22)12-20-11-5-4-8-14(17(20)23)19-15(18(24)25)10-9-13-6-2-1-3-7-13/h1-3,6-7,14-15,19H,4-5,8-12H2,(H,21,22)(H,24,25)/t14-,15-/m0/s1. The van der Waals surface area contributed by atoms with Crippen molar-refractivity contribution >= 4 is 17.8 Å². The fourth-order valence-corrected chi connectivity index (χ4v) is 3.06. The van der Waals surface area contributed by atoms with Crippen molar-refractivity contribution in [2.24, 2.45) is 0 Å². The summed E-state index contributed by atoms with van der Waals surface area (Å²) in [5.41, 5.74) is 1.04. The van der Waals surface area contributed by atoms with Crippen molar-refractivity contribution in [3.05, 3.63) is 35.9 Å². The second kappa shape index (κ2) is 9.17. The molecule has 0 bridgehead atoms. The van der Waals surface area contributed by atoms with Crippen LogP contribution in [-0.2, 0) is 20.8 Å². The molecule has 2 atom stereocenters. The molecule has 1 aromatic rings. The zero-order chi connectivity index (χ0) is 18.2. The van der Waals surface area contributed by atoms with Crippen LogP contribution in [0.1, 0.15) is 31.2 Å². The summed E-state index contributed by atoms with van der Waals surface area (Å²) in [4.78, 5) is 36.3. The lowest BCUT2D eigenvalue weighted by atomic mass is 10.0. The van der Waals surface area contributed by atoms with Crippen LogP contribution in [0.3, 0.4) is 0 Å². The van der Waals surface area contributed by atoms with Crippen molar-refractivity contribution < 1.29 is 24.6 Å². The molecule has 7 nitrogen and oxygen atoms in total. The second-order valence-electron chi connectivity index (χ2n) is 6.28. The van der Waals surface area contributed by atoms with Gasteiger partial charge in [0.15, 0.2) is 0 Å². The highest BCUT2D eigenvalue weighted by atomic mass is 16.4. The first-order valence-electron chi connectivity index (χ1n) is 8.50. The second-order valence-corrected chi connectivity index (χ2v) is 6.28. The number of nitrogens with one attached hydrogen (secondary N) is 1. The topological polar surface area (TPSA) is 107 Å². The number of carbonyl (C=O) groups is 3. The van der Waals surface area contributed by atoms with Crippen molar-refractivity contribution in [1.82, 2.24) is 10.2 Å². The van der Waals surface area contributed by atoms with Gasteiger partial charge in [0, 0.05) is 6.54 Å². The van der Waals surface area contributed by atoms with Gasteiger partial charge in [-0.25, -0.2) is 0 Å². The average molecular weight is 348 g/mol. The molecule has 1 amide bonds. The summed E-state index contributed by atoms with van der Waals surface area (Å²) >= 11 is 0. The third-order valence-electron chi connectivity index (χ3n) is 4.37. The van der Waals surface area contributed by atoms with Gasteiger partial charge in [-0.1, -0.05) is 30.3 Å². The zero-order valence-electron chi connectivity index (χ0n) is 14.1. The Kier molecular flexibility index (Phi) is 6.94. The highest BCUT2D eigenvalue weighted by molar-refractivity contribution is 5.86. The first-order chi connectivity index (χ1) is 12.0. The van der Waals surface area contributed by atoms with Gasteiger partial charge in [-0.15, -0.1) is 0 Å². The summed E-state index contributed by atoms with van der Waals surface area (Å²) in [5, 5.41) is 21.3. The monoisotopic (exact) mass is 348 g/mol. The smallest absolute Gasteiger partial charge is 0.323 e. The predicted molar refractivity (Wildman–Crippen MR) is 91.2 cm³/mol. The van der Waals surface area contributed by atoms with E-state index in [1.165, 1.54) is 4.90 Å². The van der Waals surface area contributed by atoms with Crippen LogP contribution < -0.4 is 5.32 Å². The molecule has 7 heteroatoms. The Bertz CT molecular complexity index is 605. The molecule has 3 N–H and O–H groups in total. The first kappa shape index (κ1) is 18.9. The van der Waals surface area contributed by atoms with E-state index in [-0.39, 0.29) is 12.5 Å². The van der Waals surface area contributed by atoms with Crippen molar-refractivity contribution in [3.63, 3.8) is 0 Å². The quantitative estimate of drug-likeness (QED) is 0.650. The maximum absolute atomic E-state index is 12.5. The summed E-state index contributed by atoms with van der Waals surface area (Å²) in [6.07, 6.45) is 2.94. The van der Waals surface area contributed by atoms with E-state index >= 15 is 0 Å². The summed E-state index contributed by atoms with van der Waals surface area (Å²) in [7, 11) is 0. The number of aryl methyl sites for hydroxylation is 1. The first-order valence-corrected chi connectivity index (χ1v) is 8.50. The molecule has 0 aliphatic carbocycles. The van der Waals surface area contributed by atoms with Gasteiger partial charge in [0.1, 0.15) is 12.6 Å². The molecule has 25 heavy (non-hydrogen) atoms. The predicted octanol–water partition coefficient (Wildman–Crippen LogP) is 1.13. The fourth-order valence-electron chi connectivity index (χ4n) is 3.06. The minimum Gasteiger partial charge on any atom is -0.480 e. The van der Waals surface area contributed by atoms with E-state index < -0.39 is 24.0 Å². The van der Waals surface area contributed by atoms with Gasteiger partial charge in [-0.3, -0.25) is 19.7 Å². The normalized spacial score (nSPS) is 19.3. The van der Waals surface area contributed by atoms with Gasteiger partial charge < -0.3 is 15.1 Å². The molecule has 0 saturated carbocycles. The van der Waals surface area contributed by atoms with E-state index in [4.69, 9.17) is 5.11 Å². The number of benzene rings is 1. The van der Waals surface area contributed by atoms with E-state index in [0.29, 0.717) is 25.8 Å². The summed E-state index contributed by atoms with van der Waals surface area (Å²) in [5.74, 6) is -2.39. The summed E-state index contributed by atoms with van der Waals surface area (Å²) in [6.45, 7) is 0.0455. The Morgan fingerprint density at radius 2 is 1.92 bits per heavy atom. The van der Waals surface area contributed by atoms with Gasteiger partial charge in [0.2, 0.25) is 5.91 Å². The van der Waals surface area contributed by atoms with Crippen LogP contribution >= 0.6 is 0 Å². The van der Waals surface area contributed by atoms with Gasteiger partial charge in [0.05, 0.1) is 6.04 Å². The minimum absolute atomic E-state index is 0.328. The molecule has 1 heterocycles. The van der Waals surface area contributed by atoms with E-state index in [0.717, 1.165) is 18.4 Å². The minimum atomic E-state index is -1.06. The van der Waals surface area contributed by atoms with Crippen molar-refractivity contribution in [2.75, 3.05) is 13.1 Å². The molecule has 0 spiro atoms. The third-order valence-corrected chi connectivity index (χ3v) is 4.37. The molecule has 1 aliphatic rings. The average Bonchev–Trinajstić information content (AvgIpc) is 2.74. The number of likely N-dealkylation sites (tertiary alicyclic amines) is 1. The van der Waals surface area contributed by atoms with E-state index in [2.05, 4.69) is 5.32 Å². The number of amides is 1. The molecule has 1 aliphatic heterocycles. The number of carbonyl (C=O) groups excluding carboxylic acids is 1. The highest BCUT2D eigenvalue weighted by Crippen LogP contribution is 2.14. The maximum Gasteiger partial charge on any atom is 0.323 e. The number of carboxylic acids is 2. The number of nitrogens with zero attached hydrogens (tertiary/aromatic N) is 1. The maximum atomic E-state index is 12.5. The number of carboxylic acid groups (broad SMARTS) is 2. The van der Waals surface area contributed by atoms with Crippen LogP contribution in [0.15, 0.2) is 30.3 Å².